The maximum Gasteiger partial charge on any atom is 0.206 e. The zero-order chi connectivity index (χ0) is 19.0. The topological polar surface area (TPSA) is 77.2 Å². The molecule has 4 rings (SSSR count). The van der Waals surface area contributed by atoms with E-state index in [9.17, 15) is 4.39 Å². The van der Waals surface area contributed by atoms with E-state index in [2.05, 4.69) is 14.8 Å². The lowest BCUT2D eigenvalue weighted by atomic mass is 10.1. The largest absolute Gasteiger partial charge is 0.340 e. The Bertz CT molecular complexity index is 1010. The third-order valence-corrected chi connectivity index (χ3v) is 4.86. The summed E-state index contributed by atoms with van der Waals surface area (Å²) in [4.78, 5) is 18.7. The van der Waals surface area contributed by atoms with Crippen LogP contribution >= 0.6 is 11.6 Å². The first-order valence-electron chi connectivity index (χ1n) is 8.54. The van der Waals surface area contributed by atoms with Crippen LogP contribution in [0.5, 0.6) is 0 Å². The van der Waals surface area contributed by atoms with Crippen LogP contribution in [0.1, 0.15) is 12.2 Å². The van der Waals surface area contributed by atoms with E-state index >= 15 is 0 Å². The number of piperidine rings is 1. The third kappa shape index (κ3) is 3.44. The smallest absolute Gasteiger partial charge is 0.206 e. The molecule has 0 unspecified atom stereocenters. The second-order valence-electron chi connectivity index (χ2n) is 6.51. The molecule has 7 nitrogen and oxygen atoms in total. The van der Waals surface area contributed by atoms with Gasteiger partial charge in [-0.3, -0.25) is 0 Å². The molecule has 1 aromatic carbocycles. The second kappa shape index (κ2) is 7.10. The highest BCUT2D eigenvalue weighted by atomic mass is 35.5. The molecule has 9 heteroatoms. The summed E-state index contributed by atoms with van der Waals surface area (Å²) in [6.07, 6.45) is 2.43. The molecule has 0 spiro atoms. The summed E-state index contributed by atoms with van der Waals surface area (Å²) < 4.78 is 15.8. The summed E-state index contributed by atoms with van der Waals surface area (Å²) in [6, 6.07) is 4.77. The molecule has 0 bridgehead atoms. The summed E-state index contributed by atoms with van der Waals surface area (Å²) >= 11 is 5.88. The molecule has 1 fully saturated rings. The second-order valence-corrected chi connectivity index (χ2v) is 6.95. The Kier molecular flexibility index (Phi) is 4.64. The molecule has 2 atom stereocenters. The highest BCUT2D eigenvalue weighted by molar-refractivity contribution is 6.30. The Morgan fingerprint density at radius 2 is 2.11 bits per heavy atom. The van der Waals surface area contributed by atoms with Gasteiger partial charge in [0.1, 0.15) is 12.0 Å². The lowest BCUT2D eigenvalue weighted by Gasteiger charge is -2.34. The lowest BCUT2D eigenvalue weighted by molar-refractivity contribution is 0.243. The minimum absolute atomic E-state index is 0.356. The van der Waals surface area contributed by atoms with Crippen LogP contribution in [0.25, 0.3) is 15.9 Å². The van der Waals surface area contributed by atoms with Gasteiger partial charge in [0.2, 0.25) is 5.95 Å². The van der Waals surface area contributed by atoms with Gasteiger partial charge >= 0.3 is 0 Å². The van der Waals surface area contributed by atoms with Gasteiger partial charge in [-0.1, -0.05) is 17.7 Å². The van der Waals surface area contributed by atoms with E-state index in [0.29, 0.717) is 48.5 Å². The van der Waals surface area contributed by atoms with Crippen molar-refractivity contribution < 1.29 is 4.39 Å². The predicted octanol–water partition coefficient (Wildman–Crippen LogP) is 2.95. The first kappa shape index (κ1) is 17.6. The molecule has 2 N–H and O–H groups in total. The molecule has 1 aliphatic rings. The van der Waals surface area contributed by atoms with Gasteiger partial charge < -0.3 is 15.2 Å². The summed E-state index contributed by atoms with van der Waals surface area (Å²) in [5.41, 5.74) is 8.00. The quantitative estimate of drug-likeness (QED) is 0.701. The number of imidazole rings is 1. The van der Waals surface area contributed by atoms with Gasteiger partial charge in [0.15, 0.2) is 5.69 Å². The number of anilines is 1. The summed E-state index contributed by atoms with van der Waals surface area (Å²) in [5.74, 6) is 1.24. The normalized spacial score (nSPS) is 20.0. The maximum atomic E-state index is 13.8. The van der Waals surface area contributed by atoms with E-state index in [1.807, 2.05) is 15.5 Å². The summed E-state index contributed by atoms with van der Waals surface area (Å²) in [6.45, 7) is 8.53. The summed E-state index contributed by atoms with van der Waals surface area (Å²) in [5, 5.41) is 0.459. The number of alkyl halides is 1. The van der Waals surface area contributed by atoms with Crippen molar-refractivity contribution in [3.8, 4) is 0 Å². The number of fused-ring (bicyclic) bond motifs is 1. The molecular weight excluding hydrogens is 369 g/mol. The molecule has 27 heavy (non-hydrogen) atoms. The van der Waals surface area contributed by atoms with Gasteiger partial charge in [0.25, 0.3) is 0 Å². The fraction of sp³-hybridized carbons (Fsp3) is 0.333. The molecule has 138 valence electrons. The minimum atomic E-state index is -1.01. The lowest BCUT2D eigenvalue weighted by Crippen LogP contribution is -2.50. The molecule has 0 saturated carbocycles. The number of aromatic nitrogens is 4. The first-order valence-corrected chi connectivity index (χ1v) is 8.91. The highest BCUT2D eigenvalue weighted by Crippen LogP contribution is 2.29. The van der Waals surface area contributed by atoms with Crippen molar-refractivity contribution in [2.45, 2.75) is 25.2 Å². The standard InChI is InChI=1S/C18H17ClFN7/c1-22-12-2-3-15-16(6-12)27(10-17-23-7-11(19)8-24-17)18(25-15)26-5-4-13(20)14(21)9-26/h2-3,6-8,13-14H,4-5,9-10,21H2/t13-,14+/m0/s1. The van der Waals surface area contributed by atoms with Crippen LogP contribution in [-0.2, 0) is 6.54 Å². The minimum Gasteiger partial charge on any atom is -0.340 e. The van der Waals surface area contributed by atoms with Crippen LogP contribution in [0.15, 0.2) is 30.6 Å². The van der Waals surface area contributed by atoms with Crippen molar-refractivity contribution in [3.05, 3.63) is 52.9 Å². The van der Waals surface area contributed by atoms with Gasteiger partial charge in [-0.25, -0.2) is 24.2 Å². The van der Waals surface area contributed by atoms with E-state index in [1.54, 1.807) is 12.1 Å². The van der Waals surface area contributed by atoms with Crippen LogP contribution in [0.4, 0.5) is 16.0 Å². The van der Waals surface area contributed by atoms with Crippen LogP contribution in [0.2, 0.25) is 5.02 Å². The number of hydrogen-bond acceptors (Lipinski definition) is 5. The maximum absolute atomic E-state index is 13.8. The number of halogens is 2. The van der Waals surface area contributed by atoms with Gasteiger partial charge in [0.05, 0.1) is 35.2 Å². The molecule has 1 saturated heterocycles. The fourth-order valence-electron chi connectivity index (χ4n) is 3.26. The van der Waals surface area contributed by atoms with Crippen molar-refractivity contribution in [2.75, 3.05) is 18.0 Å². The zero-order valence-electron chi connectivity index (χ0n) is 14.4. The number of nitrogens with zero attached hydrogens (tertiary/aromatic N) is 6. The zero-order valence-corrected chi connectivity index (χ0v) is 15.1. The van der Waals surface area contributed by atoms with E-state index in [4.69, 9.17) is 28.9 Å². The van der Waals surface area contributed by atoms with Gasteiger partial charge in [0, 0.05) is 25.5 Å². The molecule has 3 heterocycles. The Morgan fingerprint density at radius 3 is 2.81 bits per heavy atom. The third-order valence-electron chi connectivity index (χ3n) is 4.67. The van der Waals surface area contributed by atoms with E-state index < -0.39 is 12.2 Å². The van der Waals surface area contributed by atoms with Crippen molar-refractivity contribution in [1.29, 1.82) is 0 Å². The van der Waals surface area contributed by atoms with Crippen molar-refractivity contribution in [1.82, 2.24) is 19.5 Å². The average Bonchev–Trinajstić information content (AvgIpc) is 3.03. The van der Waals surface area contributed by atoms with Gasteiger partial charge in [-0.05, 0) is 18.6 Å². The number of nitrogens with two attached hydrogens (primary N) is 1. The van der Waals surface area contributed by atoms with Crippen molar-refractivity contribution in [2.24, 2.45) is 5.73 Å². The molecule has 2 aromatic heterocycles. The molecule has 0 aliphatic carbocycles. The van der Waals surface area contributed by atoms with Crippen LogP contribution in [0.3, 0.4) is 0 Å². The Balaban J connectivity index is 1.79. The number of rotatable bonds is 3. The van der Waals surface area contributed by atoms with Gasteiger partial charge in [-0.15, -0.1) is 0 Å². The van der Waals surface area contributed by atoms with E-state index in [0.717, 1.165) is 11.0 Å². The molecule has 1 aliphatic heterocycles. The molecular formula is C18H17ClFN7. The highest BCUT2D eigenvalue weighted by Gasteiger charge is 2.29. The monoisotopic (exact) mass is 385 g/mol. The Labute approximate surface area is 160 Å². The predicted molar refractivity (Wildman–Crippen MR) is 102 cm³/mol. The number of hydrogen-bond donors (Lipinski definition) is 1. The molecule has 3 aromatic rings. The molecule has 0 amide bonds. The van der Waals surface area contributed by atoms with E-state index in [1.165, 1.54) is 12.4 Å². The fourth-order valence-corrected chi connectivity index (χ4v) is 3.36. The number of benzene rings is 1. The van der Waals surface area contributed by atoms with E-state index in [-0.39, 0.29) is 0 Å². The Hall–Kier alpha value is -2.76. The Morgan fingerprint density at radius 1 is 1.33 bits per heavy atom. The SMILES string of the molecule is [C-]#[N+]c1ccc2nc(N3CC[C@H](F)[C@H](N)C3)n(Cc3ncc(Cl)cn3)c2c1. The van der Waals surface area contributed by atoms with Crippen LogP contribution in [-0.4, -0.2) is 44.8 Å². The van der Waals surface area contributed by atoms with Gasteiger partial charge in [-0.2, -0.15) is 0 Å². The van der Waals surface area contributed by atoms with Crippen molar-refractivity contribution in [3.63, 3.8) is 0 Å². The van der Waals surface area contributed by atoms with Crippen LogP contribution in [0, 0.1) is 6.57 Å². The average molecular weight is 386 g/mol. The van der Waals surface area contributed by atoms with Crippen molar-refractivity contribution >= 4 is 34.3 Å². The first-order chi connectivity index (χ1) is 13.0. The van der Waals surface area contributed by atoms with Crippen LogP contribution < -0.4 is 10.6 Å². The molecule has 0 radical (unpaired) electrons. The summed E-state index contributed by atoms with van der Waals surface area (Å²) in [7, 11) is 0.